The molecule has 0 unspecified atom stereocenters. The van der Waals surface area contributed by atoms with E-state index in [0.717, 1.165) is 9.14 Å². The summed E-state index contributed by atoms with van der Waals surface area (Å²) in [5, 5.41) is 10.7. The molecule has 180 valence electrons. The third-order valence-electron chi connectivity index (χ3n) is 7.66. The van der Waals surface area contributed by atoms with Gasteiger partial charge in [-0.1, -0.05) is 29.8 Å². The monoisotopic (exact) mass is 655 g/mol. The average molecular weight is 656 g/mol. The molecule has 3 aliphatic carbocycles. The van der Waals surface area contributed by atoms with Crippen LogP contribution in [0.15, 0.2) is 81.9 Å². The summed E-state index contributed by atoms with van der Waals surface area (Å²) in [4.78, 5) is 55.0. The molecule has 2 aromatic rings. The standard InChI is InChI=1S/C28H19BrINO5/c29-20-12-22(33)25-19(26(20)34)11-18-15(23(25)16-3-1-2-4-21(16)32)9-10-17-24(18)28(36)31(27(17)35)14-7-5-13(30)6-8-14/h1-9,12,17-18,23-24,32H,10-11H2/t17-,18+,23+,24-/m0/s1. The van der Waals surface area contributed by atoms with Gasteiger partial charge in [0.05, 0.1) is 22.0 Å². The van der Waals surface area contributed by atoms with Gasteiger partial charge in [0.25, 0.3) is 0 Å². The van der Waals surface area contributed by atoms with Crippen molar-refractivity contribution >= 4 is 67.6 Å². The van der Waals surface area contributed by atoms with Crippen molar-refractivity contribution in [2.24, 2.45) is 17.8 Å². The van der Waals surface area contributed by atoms with Gasteiger partial charge in [-0.05, 0) is 87.6 Å². The lowest BCUT2D eigenvalue weighted by molar-refractivity contribution is -0.123. The number of Topliss-reactive ketones (excluding diaryl/α,β-unsaturated/α-hetero) is 1. The van der Waals surface area contributed by atoms with Crippen LogP contribution in [-0.4, -0.2) is 28.5 Å². The predicted molar refractivity (Wildman–Crippen MR) is 144 cm³/mol. The van der Waals surface area contributed by atoms with Crippen LogP contribution in [0.25, 0.3) is 0 Å². The van der Waals surface area contributed by atoms with Gasteiger partial charge in [-0.3, -0.25) is 24.1 Å². The van der Waals surface area contributed by atoms with Crippen LogP contribution in [0.1, 0.15) is 24.3 Å². The fourth-order valence-electron chi connectivity index (χ4n) is 6.14. The number of ketones is 2. The molecule has 6 nitrogen and oxygen atoms in total. The van der Waals surface area contributed by atoms with Crippen molar-refractivity contribution in [3.05, 3.63) is 91.0 Å². The lowest BCUT2D eigenvalue weighted by atomic mass is 9.59. The lowest BCUT2D eigenvalue weighted by Crippen LogP contribution is -2.39. The number of hydrogen-bond donors (Lipinski definition) is 1. The minimum absolute atomic E-state index is 0.0150. The summed E-state index contributed by atoms with van der Waals surface area (Å²) in [5.41, 5.74) is 2.55. The molecular weight excluding hydrogens is 637 g/mol. The van der Waals surface area contributed by atoms with Gasteiger partial charge in [0.15, 0.2) is 11.6 Å². The highest BCUT2D eigenvalue weighted by atomic mass is 127. The van der Waals surface area contributed by atoms with Gasteiger partial charge in [0.2, 0.25) is 11.8 Å². The van der Waals surface area contributed by atoms with E-state index in [4.69, 9.17) is 0 Å². The Morgan fingerprint density at radius 1 is 0.944 bits per heavy atom. The second-order valence-corrected chi connectivity index (χ2v) is 11.5. The first-order valence-electron chi connectivity index (χ1n) is 11.6. The van der Waals surface area contributed by atoms with Crippen molar-refractivity contribution in [2.45, 2.75) is 18.8 Å². The number of para-hydroxylation sites is 1. The third kappa shape index (κ3) is 3.41. The Morgan fingerprint density at radius 2 is 1.67 bits per heavy atom. The summed E-state index contributed by atoms with van der Waals surface area (Å²) in [6.07, 6.45) is 3.78. The Balaban J connectivity index is 1.49. The van der Waals surface area contributed by atoms with Crippen LogP contribution in [0.2, 0.25) is 0 Å². The molecule has 0 bridgehead atoms. The number of halogens is 2. The smallest absolute Gasteiger partial charge is 0.238 e. The van der Waals surface area contributed by atoms with Gasteiger partial charge in [-0.15, -0.1) is 0 Å². The highest BCUT2D eigenvalue weighted by Crippen LogP contribution is 2.56. The maximum atomic E-state index is 13.8. The number of nitrogens with zero attached hydrogens (tertiary/aromatic N) is 1. The third-order valence-corrected chi connectivity index (χ3v) is 8.97. The van der Waals surface area contributed by atoms with E-state index in [1.165, 1.54) is 11.0 Å². The number of phenols is 1. The van der Waals surface area contributed by atoms with Gasteiger partial charge in [0, 0.05) is 32.3 Å². The molecule has 1 heterocycles. The highest BCUT2D eigenvalue weighted by molar-refractivity contribution is 14.1. The van der Waals surface area contributed by atoms with Gasteiger partial charge < -0.3 is 5.11 Å². The molecule has 1 N–H and O–H groups in total. The van der Waals surface area contributed by atoms with Crippen LogP contribution in [0.5, 0.6) is 5.75 Å². The number of fused-ring (bicyclic) bond motifs is 3. The van der Waals surface area contributed by atoms with Crippen molar-refractivity contribution < 1.29 is 24.3 Å². The molecule has 0 aromatic heterocycles. The number of amides is 2. The summed E-state index contributed by atoms with van der Waals surface area (Å²) in [5.74, 6) is -3.38. The number of allylic oxidation sites excluding steroid dienone is 6. The van der Waals surface area contributed by atoms with E-state index in [-0.39, 0.29) is 40.0 Å². The first-order chi connectivity index (χ1) is 17.3. The van der Waals surface area contributed by atoms with Crippen LogP contribution < -0.4 is 4.90 Å². The Bertz CT molecular complexity index is 1470. The van der Waals surface area contributed by atoms with E-state index in [2.05, 4.69) is 38.5 Å². The van der Waals surface area contributed by atoms with Gasteiger partial charge in [-0.2, -0.15) is 0 Å². The minimum atomic E-state index is -0.663. The predicted octanol–water partition coefficient (Wildman–Crippen LogP) is 4.96. The van der Waals surface area contributed by atoms with Crippen LogP contribution >= 0.6 is 38.5 Å². The zero-order chi connectivity index (χ0) is 25.3. The van der Waals surface area contributed by atoms with Crippen LogP contribution in [0, 0.1) is 21.3 Å². The number of anilines is 1. The maximum absolute atomic E-state index is 13.8. The molecule has 1 fully saturated rings. The number of carbonyl (C=O) groups is 4. The molecular formula is C28H19BrINO5. The number of carbonyl (C=O) groups excluding carboxylic acids is 4. The quantitative estimate of drug-likeness (QED) is 0.214. The summed E-state index contributed by atoms with van der Waals surface area (Å²) >= 11 is 5.39. The van der Waals surface area contributed by atoms with E-state index in [0.29, 0.717) is 28.8 Å². The van der Waals surface area contributed by atoms with Crippen LogP contribution in [0.4, 0.5) is 5.69 Å². The van der Waals surface area contributed by atoms with Crippen molar-refractivity contribution in [1.29, 1.82) is 0 Å². The summed E-state index contributed by atoms with van der Waals surface area (Å²) in [6, 6.07) is 14.0. The van der Waals surface area contributed by atoms with Gasteiger partial charge in [-0.25, -0.2) is 0 Å². The molecule has 4 aliphatic rings. The number of aromatic hydroxyl groups is 1. The number of rotatable bonds is 2. The number of imide groups is 1. The molecule has 8 heteroatoms. The number of hydrogen-bond acceptors (Lipinski definition) is 5. The summed E-state index contributed by atoms with van der Waals surface area (Å²) < 4.78 is 1.17. The molecule has 1 aliphatic heterocycles. The Morgan fingerprint density at radius 3 is 2.39 bits per heavy atom. The van der Waals surface area contributed by atoms with Crippen molar-refractivity contribution in [1.82, 2.24) is 0 Å². The fraction of sp³-hybridized carbons (Fsp3) is 0.214. The Labute approximate surface area is 229 Å². The largest absolute Gasteiger partial charge is 0.508 e. The minimum Gasteiger partial charge on any atom is -0.508 e. The molecule has 2 amide bonds. The van der Waals surface area contributed by atoms with Gasteiger partial charge in [0.1, 0.15) is 5.75 Å². The molecule has 0 saturated carbocycles. The van der Waals surface area contributed by atoms with Crippen LogP contribution in [-0.2, 0) is 19.2 Å². The molecule has 0 radical (unpaired) electrons. The van der Waals surface area contributed by atoms with Crippen molar-refractivity contribution in [3.63, 3.8) is 0 Å². The molecule has 4 atom stereocenters. The van der Waals surface area contributed by atoms with E-state index in [1.807, 2.05) is 18.2 Å². The molecule has 0 spiro atoms. The second kappa shape index (κ2) is 8.62. The van der Waals surface area contributed by atoms with Crippen LogP contribution in [0.3, 0.4) is 0 Å². The van der Waals surface area contributed by atoms with E-state index < -0.39 is 23.7 Å². The van der Waals surface area contributed by atoms with Gasteiger partial charge >= 0.3 is 0 Å². The lowest BCUT2D eigenvalue weighted by Gasteiger charge is -2.42. The second-order valence-electron chi connectivity index (χ2n) is 9.44. The molecule has 6 rings (SSSR count). The van der Waals surface area contributed by atoms with Crippen molar-refractivity contribution in [2.75, 3.05) is 4.90 Å². The molecule has 2 aromatic carbocycles. The maximum Gasteiger partial charge on any atom is 0.238 e. The zero-order valence-corrected chi connectivity index (χ0v) is 22.5. The Hall–Kier alpha value is -2.85. The first-order valence-corrected chi connectivity index (χ1v) is 13.5. The summed E-state index contributed by atoms with van der Waals surface area (Å²) in [6.45, 7) is 0. The first kappa shape index (κ1) is 23.5. The highest BCUT2D eigenvalue weighted by Gasteiger charge is 2.56. The zero-order valence-electron chi connectivity index (χ0n) is 18.8. The average Bonchev–Trinajstić information content (AvgIpc) is 3.12. The van der Waals surface area contributed by atoms with E-state index in [9.17, 15) is 24.3 Å². The van der Waals surface area contributed by atoms with Crippen molar-refractivity contribution in [3.8, 4) is 5.75 Å². The van der Waals surface area contributed by atoms with E-state index >= 15 is 0 Å². The number of benzene rings is 2. The topological polar surface area (TPSA) is 91.8 Å². The van der Waals surface area contributed by atoms with E-state index in [1.54, 1.807) is 36.4 Å². The normalized spacial score (nSPS) is 27.4. The fourth-order valence-corrected chi connectivity index (χ4v) is 6.95. The summed E-state index contributed by atoms with van der Waals surface area (Å²) in [7, 11) is 0. The number of phenolic OH excluding ortho intramolecular Hbond substituents is 1. The SMILES string of the molecule is O=C1C=C(Br)C(=O)C2=C1[C@@H](c1ccccc1O)C1=CC[C@@H]3C(=O)N(c4ccc(I)cc4)C(=O)[C@@H]3[C@@H]1C2. The molecule has 1 saturated heterocycles. The molecule has 36 heavy (non-hydrogen) atoms. The Kier molecular flexibility index (Phi) is 5.64.